The second-order valence-electron chi connectivity index (χ2n) is 5.91. The zero-order chi connectivity index (χ0) is 16.2. The van der Waals surface area contributed by atoms with Gasteiger partial charge in [-0.3, -0.25) is 4.79 Å². The van der Waals surface area contributed by atoms with E-state index in [9.17, 15) is 9.90 Å². The van der Waals surface area contributed by atoms with Gasteiger partial charge in [0.05, 0.1) is 17.1 Å². The molecule has 0 saturated heterocycles. The Morgan fingerprint density at radius 3 is 3.00 bits per heavy atom. The van der Waals surface area contributed by atoms with E-state index in [4.69, 9.17) is 0 Å². The van der Waals surface area contributed by atoms with Gasteiger partial charge in [-0.25, -0.2) is 4.98 Å². The lowest BCUT2D eigenvalue weighted by molar-refractivity contribution is -0.131. The van der Waals surface area contributed by atoms with E-state index in [2.05, 4.69) is 24.1 Å². The van der Waals surface area contributed by atoms with Gasteiger partial charge in [-0.1, -0.05) is 37.6 Å². The number of fused-ring (bicyclic) bond motifs is 1. The van der Waals surface area contributed by atoms with Crippen LogP contribution in [0.4, 0.5) is 0 Å². The zero-order valence-electron chi connectivity index (χ0n) is 13.5. The normalized spacial score (nSPS) is 17.3. The van der Waals surface area contributed by atoms with E-state index in [0.717, 1.165) is 23.9 Å². The second-order valence-corrected chi connectivity index (χ2v) is 5.91. The molecule has 5 nitrogen and oxygen atoms in total. The molecule has 0 unspecified atom stereocenters. The van der Waals surface area contributed by atoms with Gasteiger partial charge in [0.1, 0.15) is 12.4 Å². The third-order valence-corrected chi connectivity index (χ3v) is 4.39. The molecule has 1 atom stereocenters. The molecule has 0 bridgehead atoms. The first-order chi connectivity index (χ1) is 11.2. The van der Waals surface area contributed by atoms with Crippen LogP contribution in [0.3, 0.4) is 0 Å². The molecule has 1 aliphatic heterocycles. The van der Waals surface area contributed by atoms with E-state index in [0.29, 0.717) is 25.3 Å². The zero-order valence-corrected chi connectivity index (χ0v) is 13.5. The number of aliphatic hydroxyl groups is 1. The molecule has 3 rings (SSSR count). The lowest BCUT2D eigenvalue weighted by Gasteiger charge is -2.24. The number of aryl methyl sites for hydroxylation is 1. The van der Waals surface area contributed by atoms with E-state index >= 15 is 0 Å². The average Bonchev–Trinajstić information content (AvgIpc) is 3.17. The number of hydrogen-bond acceptors (Lipinski definition) is 3. The van der Waals surface area contributed by atoms with Gasteiger partial charge in [0.15, 0.2) is 0 Å². The molecule has 23 heavy (non-hydrogen) atoms. The Labute approximate surface area is 136 Å². The minimum absolute atomic E-state index is 0.118. The number of imidazole rings is 1. The molecule has 1 N–H and O–H groups in total. The fourth-order valence-electron chi connectivity index (χ4n) is 3.25. The summed E-state index contributed by atoms with van der Waals surface area (Å²) in [5.41, 5.74) is 1.82. The van der Waals surface area contributed by atoms with E-state index in [-0.39, 0.29) is 18.6 Å². The third kappa shape index (κ3) is 3.15. The molecule has 0 fully saturated rings. The summed E-state index contributed by atoms with van der Waals surface area (Å²) >= 11 is 0. The predicted octanol–water partition coefficient (Wildman–Crippen LogP) is 2.49. The van der Waals surface area contributed by atoms with Crippen molar-refractivity contribution in [1.82, 2.24) is 14.5 Å². The Morgan fingerprint density at radius 2 is 2.22 bits per heavy atom. The van der Waals surface area contributed by atoms with E-state index in [1.807, 2.05) is 33.7 Å². The maximum Gasteiger partial charge on any atom is 0.225 e. The Hall–Kier alpha value is -2.14. The van der Waals surface area contributed by atoms with E-state index < -0.39 is 0 Å². The van der Waals surface area contributed by atoms with Crippen LogP contribution < -0.4 is 0 Å². The summed E-state index contributed by atoms with van der Waals surface area (Å²) in [6.07, 6.45) is 6.71. The number of aliphatic hydroxyl groups excluding tert-OH is 1. The number of rotatable bonds is 6. The number of benzene rings is 1. The number of amides is 1. The molecule has 1 aliphatic rings. The molecule has 0 spiro atoms. The standard InChI is InChI=1S/C18H23N3O2/c1-2-6-14-7-5-11-20(14)18(23)10-12-21-16-9-4-3-8-15(16)19-17(21)13-22/h3-5,7-9,14,22H,2,6,10-13H2,1H3/t14-/m0/s1. The lowest BCUT2D eigenvalue weighted by Crippen LogP contribution is -2.36. The summed E-state index contributed by atoms with van der Waals surface area (Å²) in [7, 11) is 0. The highest BCUT2D eigenvalue weighted by Crippen LogP contribution is 2.19. The number of nitrogens with zero attached hydrogens (tertiary/aromatic N) is 3. The molecule has 5 heteroatoms. The Balaban J connectivity index is 1.72. The van der Waals surface area contributed by atoms with Gasteiger partial charge in [-0.05, 0) is 18.6 Å². The number of hydrogen-bond donors (Lipinski definition) is 1. The summed E-state index contributed by atoms with van der Waals surface area (Å²) in [6, 6.07) is 8.02. The van der Waals surface area contributed by atoms with Crippen molar-refractivity contribution in [3.05, 3.63) is 42.2 Å². The van der Waals surface area contributed by atoms with Crippen molar-refractivity contribution in [2.24, 2.45) is 0 Å². The number of carbonyl (C=O) groups is 1. The molecular weight excluding hydrogens is 290 g/mol. The van der Waals surface area contributed by atoms with Crippen molar-refractivity contribution in [1.29, 1.82) is 0 Å². The summed E-state index contributed by atoms with van der Waals surface area (Å²) < 4.78 is 1.95. The van der Waals surface area contributed by atoms with Gasteiger partial charge in [0.25, 0.3) is 0 Å². The monoisotopic (exact) mass is 313 g/mol. The smallest absolute Gasteiger partial charge is 0.225 e. The highest BCUT2D eigenvalue weighted by molar-refractivity contribution is 5.79. The van der Waals surface area contributed by atoms with Crippen molar-refractivity contribution in [3.8, 4) is 0 Å². The summed E-state index contributed by atoms with van der Waals surface area (Å²) in [4.78, 5) is 18.9. The van der Waals surface area contributed by atoms with Crippen LogP contribution in [0.15, 0.2) is 36.4 Å². The first kappa shape index (κ1) is 15.7. The van der Waals surface area contributed by atoms with Crippen LogP contribution >= 0.6 is 0 Å². The minimum atomic E-state index is -0.118. The van der Waals surface area contributed by atoms with Gasteiger partial charge in [0.2, 0.25) is 5.91 Å². The van der Waals surface area contributed by atoms with Crippen LogP contribution in [0.2, 0.25) is 0 Å². The van der Waals surface area contributed by atoms with Crippen molar-refractivity contribution in [3.63, 3.8) is 0 Å². The summed E-state index contributed by atoms with van der Waals surface area (Å²) in [6.45, 7) is 3.28. The van der Waals surface area contributed by atoms with Crippen LogP contribution in [-0.4, -0.2) is 38.1 Å². The molecule has 0 saturated carbocycles. The third-order valence-electron chi connectivity index (χ3n) is 4.39. The topological polar surface area (TPSA) is 58.4 Å². The molecule has 1 aromatic heterocycles. The fraction of sp³-hybridized carbons (Fsp3) is 0.444. The van der Waals surface area contributed by atoms with Gasteiger partial charge < -0.3 is 14.6 Å². The van der Waals surface area contributed by atoms with Gasteiger partial charge in [-0.15, -0.1) is 0 Å². The van der Waals surface area contributed by atoms with E-state index in [1.165, 1.54) is 0 Å². The molecular formula is C18H23N3O2. The number of aromatic nitrogens is 2. The van der Waals surface area contributed by atoms with Gasteiger partial charge in [0, 0.05) is 19.5 Å². The molecule has 2 heterocycles. The highest BCUT2D eigenvalue weighted by Gasteiger charge is 2.23. The Bertz CT molecular complexity index is 720. The molecule has 1 amide bonds. The van der Waals surface area contributed by atoms with E-state index in [1.54, 1.807) is 0 Å². The quantitative estimate of drug-likeness (QED) is 0.834. The SMILES string of the molecule is CCC[C@H]1C=CCN1C(=O)CCn1c(CO)nc2ccccc21. The van der Waals surface area contributed by atoms with Crippen LogP contribution in [-0.2, 0) is 17.9 Å². The molecule has 2 aromatic rings. The second kappa shape index (κ2) is 6.96. The first-order valence-electron chi connectivity index (χ1n) is 8.25. The summed E-state index contributed by atoms with van der Waals surface area (Å²) in [5.74, 6) is 0.777. The van der Waals surface area contributed by atoms with Crippen molar-refractivity contribution >= 4 is 16.9 Å². The largest absolute Gasteiger partial charge is 0.388 e. The lowest BCUT2D eigenvalue weighted by atomic mass is 10.1. The minimum Gasteiger partial charge on any atom is -0.388 e. The van der Waals surface area contributed by atoms with Gasteiger partial charge >= 0.3 is 0 Å². The molecule has 0 aliphatic carbocycles. The van der Waals surface area contributed by atoms with Crippen LogP contribution in [0.5, 0.6) is 0 Å². The van der Waals surface area contributed by atoms with Crippen LogP contribution in [0.1, 0.15) is 32.0 Å². The maximum absolute atomic E-state index is 12.6. The van der Waals surface area contributed by atoms with Gasteiger partial charge in [-0.2, -0.15) is 0 Å². The average molecular weight is 313 g/mol. The van der Waals surface area contributed by atoms with Crippen LogP contribution in [0, 0.1) is 0 Å². The maximum atomic E-state index is 12.6. The molecule has 0 radical (unpaired) electrons. The highest BCUT2D eigenvalue weighted by atomic mass is 16.3. The summed E-state index contributed by atoms with van der Waals surface area (Å²) in [5, 5.41) is 9.52. The first-order valence-corrected chi connectivity index (χ1v) is 8.25. The molecule has 122 valence electrons. The Kier molecular flexibility index (Phi) is 4.76. The molecule has 1 aromatic carbocycles. The number of carbonyl (C=O) groups excluding carboxylic acids is 1. The van der Waals surface area contributed by atoms with Crippen molar-refractivity contribution < 1.29 is 9.90 Å². The van der Waals surface area contributed by atoms with Crippen molar-refractivity contribution in [2.75, 3.05) is 6.54 Å². The number of para-hydroxylation sites is 2. The van der Waals surface area contributed by atoms with Crippen LogP contribution in [0.25, 0.3) is 11.0 Å². The predicted molar refractivity (Wildman–Crippen MR) is 89.8 cm³/mol. The van der Waals surface area contributed by atoms with Crippen molar-refractivity contribution in [2.45, 2.75) is 45.4 Å². The fourth-order valence-corrected chi connectivity index (χ4v) is 3.25. The Morgan fingerprint density at radius 1 is 1.39 bits per heavy atom.